The summed E-state index contributed by atoms with van der Waals surface area (Å²) in [5, 5.41) is 6.61. The van der Waals surface area contributed by atoms with Crippen LogP contribution in [0.2, 0.25) is 25.2 Å². The average molecular weight is 413 g/mol. The molecule has 0 saturated heterocycles. The minimum Gasteiger partial charge on any atom is -0.0785 e. The van der Waals surface area contributed by atoms with Crippen LogP contribution in [0.25, 0.3) is 5.20 Å². The third-order valence-corrected chi connectivity index (χ3v) is 17.1. The van der Waals surface area contributed by atoms with Crippen LogP contribution in [-0.2, 0) is 0 Å². The van der Waals surface area contributed by atoms with Crippen LogP contribution in [0.15, 0.2) is 96.2 Å². The van der Waals surface area contributed by atoms with E-state index < -0.39 is 16.1 Å². The minimum absolute atomic E-state index is 1.34. The second kappa shape index (κ2) is 8.29. The minimum atomic E-state index is -1.84. The molecule has 0 N–H and O–H groups in total. The Hall–Kier alpha value is -2.17. The van der Waals surface area contributed by atoms with E-state index in [1.165, 1.54) is 30.5 Å². The standard InChI is InChI=1S/C27H32Si2/c1-23-27(24-15-7-4-8-16-24)29(3,26-19-11-6-12-20-26)22-14-13-21-28(23,2)25-17-9-5-10-18-25/h4-12,15-20H,13-14,21-22H2,1-3H3/b27-23-/t28-,29-/m1/s1. The largest absolute Gasteiger partial charge is 0.115 e. The number of benzene rings is 3. The van der Waals surface area contributed by atoms with Crippen LogP contribution in [-0.4, -0.2) is 16.1 Å². The van der Waals surface area contributed by atoms with Crippen molar-refractivity contribution in [2.75, 3.05) is 0 Å². The first-order chi connectivity index (χ1) is 14.1. The van der Waals surface area contributed by atoms with Crippen molar-refractivity contribution >= 4 is 31.7 Å². The van der Waals surface area contributed by atoms with Crippen LogP contribution in [0, 0.1) is 0 Å². The SMILES string of the molecule is C/C1=C(\c2ccccc2)[Si@@](C)(c2ccccc2)CCCC[Si@@]1(C)c1ccccc1. The van der Waals surface area contributed by atoms with Crippen LogP contribution in [0.5, 0.6) is 0 Å². The highest BCUT2D eigenvalue weighted by molar-refractivity contribution is 7.09. The highest BCUT2D eigenvalue weighted by Crippen LogP contribution is 2.40. The summed E-state index contributed by atoms with van der Waals surface area (Å²) in [7, 11) is -3.59. The van der Waals surface area contributed by atoms with Crippen molar-refractivity contribution in [2.45, 2.75) is 44.9 Å². The molecule has 4 rings (SSSR count). The fourth-order valence-electron chi connectivity index (χ4n) is 5.36. The van der Waals surface area contributed by atoms with Gasteiger partial charge in [-0.15, -0.1) is 0 Å². The zero-order valence-electron chi connectivity index (χ0n) is 18.0. The topological polar surface area (TPSA) is 0 Å². The van der Waals surface area contributed by atoms with E-state index in [0.717, 1.165) is 0 Å². The second-order valence-corrected chi connectivity index (χ2v) is 17.7. The highest BCUT2D eigenvalue weighted by atomic mass is 28.3. The van der Waals surface area contributed by atoms with Crippen LogP contribution in [0.1, 0.15) is 25.3 Å². The molecule has 3 aromatic carbocycles. The van der Waals surface area contributed by atoms with Gasteiger partial charge < -0.3 is 0 Å². The molecule has 0 nitrogen and oxygen atoms in total. The molecule has 1 aliphatic heterocycles. The average Bonchev–Trinajstić information content (AvgIpc) is 2.78. The molecule has 0 amide bonds. The quantitative estimate of drug-likeness (QED) is 0.443. The van der Waals surface area contributed by atoms with Gasteiger partial charge in [-0.3, -0.25) is 0 Å². The fraction of sp³-hybridized carbons (Fsp3) is 0.259. The first-order valence-electron chi connectivity index (χ1n) is 10.9. The van der Waals surface area contributed by atoms with Crippen LogP contribution >= 0.6 is 0 Å². The lowest BCUT2D eigenvalue weighted by molar-refractivity contribution is 0.856. The van der Waals surface area contributed by atoms with Gasteiger partial charge >= 0.3 is 0 Å². The summed E-state index contributed by atoms with van der Waals surface area (Å²) in [6.45, 7) is 7.73. The van der Waals surface area contributed by atoms with Crippen molar-refractivity contribution < 1.29 is 0 Å². The smallest absolute Gasteiger partial charge is 0.0785 e. The molecule has 0 spiro atoms. The van der Waals surface area contributed by atoms with Gasteiger partial charge in [0.2, 0.25) is 0 Å². The molecular weight excluding hydrogens is 380 g/mol. The zero-order valence-corrected chi connectivity index (χ0v) is 20.0. The Morgan fingerprint density at radius 1 is 0.552 bits per heavy atom. The van der Waals surface area contributed by atoms with E-state index in [1.807, 2.05) is 0 Å². The molecule has 0 bridgehead atoms. The van der Waals surface area contributed by atoms with Gasteiger partial charge in [0.1, 0.15) is 16.1 Å². The van der Waals surface area contributed by atoms with Gasteiger partial charge in [-0.1, -0.05) is 138 Å². The molecule has 2 atom stereocenters. The molecule has 2 heteroatoms. The van der Waals surface area contributed by atoms with Crippen molar-refractivity contribution in [1.82, 2.24) is 0 Å². The molecule has 148 valence electrons. The van der Waals surface area contributed by atoms with Gasteiger partial charge in [-0.05, 0) is 24.6 Å². The maximum absolute atomic E-state index is 2.62. The number of hydrogen-bond donors (Lipinski definition) is 0. The summed E-state index contributed by atoms with van der Waals surface area (Å²) in [6, 6.07) is 36.8. The summed E-state index contributed by atoms with van der Waals surface area (Å²) in [4.78, 5) is 0. The Kier molecular flexibility index (Phi) is 5.75. The molecule has 1 aliphatic rings. The number of hydrogen-bond acceptors (Lipinski definition) is 0. The summed E-state index contributed by atoms with van der Waals surface area (Å²) < 4.78 is 0. The van der Waals surface area contributed by atoms with Crippen molar-refractivity contribution in [2.24, 2.45) is 0 Å². The third-order valence-electron chi connectivity index (χ3n) is 7.24. The Morgan fingerprint density at radius 2 is 0.966 bits per heavy atom. The lowest BCUT2D eigenvalue weighted by Crippen LogP contribution is -2.53. The number of rotatable bonds is 3. The predicted octanol–water partition coefficient (Wildman–Crippen LogP) is 6.30. The third kappa shape index (κ3) is 3.72. The monoisotopic (exact) mass is 412 g/mol. The first kappa shape index (κ1) is 20.1. The Labute approximate surface area is 178 Å². The lowest BCUT2D eigenvalue weighted by atomic mass is 10.2. The Balaban J connectivity index is 2.02. The van der Waals surface area contributed by atoms with E-state index in [-0.39, 0.29) is 0 Å². The molecule has 29 heavy (non-hydrogen) atoms. The van der Waals surface area contributed by atoms with E-state index in [1.54, 1.807) is 20.8 Å². The molecule has 0 fully saturated rings. The van der Waals surface area contributed by atoms with Crippen molar-refractivity contribution in [1.29, 1.82) is 0 Å². The van der Waals surface area contributed by atoms with Gasteiger partial charge in [-0.25, -0.2) is 0 Å². The van der Waals surface area contributed by atoms with Crippen molar-refractivity contribution in [3.63, 3.8) is 0 Å². The molecule has 3 aromatic rings. The van der Waals surface area contributed by atoms with E-state index in [9.17, 15) is 0 Å². The number of allylic oxidation sites excluding steroid dienone is 1. The predicted molar refractivity (Wildman–Crippen MR) is 133 cm³/mol. The maximum Gasteiger partial charge on any atom is 0.115 e. The van der Waals surface area contributed by atoms with Crippen molar-refractivity contribution in [3.05, 3.63) is 102 Å². The van der Waals surface area contributed by atoms with E-state index in [0.29, 0.717) is 0 Å². The highest BCUT2D eigenvalue weighted by Gasteiger charge is 2.42. The zero-order chi connectivity index (χ0) is 20.3. The van der Waals surface area contributed by atoms with E-state index in [2.05, 4.69) is 111 Å². The summed E-state index contributed by atoms with van der Waals surface area (Å²) in [5.74, 6) is 0. The van der Waals surface area contributed by atoms with E-state index in [4.69, 9.17) is 0 Å². The first-order valence-corrected chi connectivity index (χ1v) is 16.4. The van der Waals surface area contributed by atoms with Crippen molar-refractivity contribution in [3.8, 4) is 0 Å². The normalized spacial score (nSPS) is 27.8. The lowest BCUT2D eigenvalue weighted by Gasteiger charge is -2.41. The molecule has 0 radical (unpaired) electrons. The van der Waals surface area contributed by atoms with Gasteiger partial charge in [0, 0.05) is 0 Å². The van der Waals surface area contributed by atoms with Gasteiger partial charge in [-0.2, -0.15) is 0 Å². The van der Waals surface area contributed by atoms with Gasteiger partial charge in [0.05, 0.1) is 0 Å². The second-order valence-electron chi connectivity index (χ2n) is 8.97. The van der Waals surface area contributed by atoms with Gasteiger partial charge in [0.25, 0.3) is 0 Å². The summed E-state index contributed by atoms with van der Waals surface area (Å²) >= 11 is 0. The Bertz CT molecular complexity index is 979. The maximum atomic E-state index is 2.62. The summed E-state index contributed by atoms with van der Waals surface area (Å²) in [6.07, 6.45) is 2.70. The molecular formula is C27H32Si2. The van der Waals surface area contributed by atoms with Gasteiger partial charge in [0.15, 0.2) is 0 Å². The fourth-order valence-corrected chi connectivity index (χ4v) is 15.0. The molecule has 0 aromatic heterocycles. The van der Waals surface area contributed by atoms with Crippen LogP contribution in [0.3, 0.4) is 0 Å². The summed E-state index contributed by atoms with van der Waals surface area (Å²) in [5.41, 5.74) is 1.46. The molecule has 1 heterocycles. The molecule has 0 aliphatic carbocycles. The Morgan fingerprint density at radius 3 is 1.48 bits per heavy atom. The van der Waals surface area contributed by atoms with Crippen LogP contribution in [0.4, 0.5) is 0 Å². The van der Waals surface area contributed by atoms with E-state index >= 15 is 0 Å². The van der Waals surface area contributed by atoms with Crippen LogP contribution < -0.4 is 10.4 Å². The molecule has 0 saturated carbocycles. The molecule has 0 unspecified atom stereocenters.